The highest BCUT2D eigenvalue weighted by Gasteiger charge is 2.35. The molecule has 0 unspecified atom stereocenters. The molecule has 2 amide bonds. The molecule has 0 bridgehead atoms. The maximum Gasteiger partial charge on any atom is 0.276 e. The fraction of sp³-hybridized carbons (Fsp3) is 0.0417. The van der Waals surface area contributed by atoms with Crippen molar-refractivity contribution in [2.75, 3.05) is 5.32 Å². The maximum absolute atomic E-state index is 13.5. The summed E-state index contributed by atoms with van der Waals surface area (Å²) in [4.78, 5) is 31.0. The SMILES string of the molecule is O=C(NN1C(=O)c2cc(Br)ccc2N[C@H]1c1cccc2cccnc12)c1ccc(Cl)cc1. The largest absolute Gasteiger partial charge is 0.359 e. The lowest BCUT2D eigenvalue weighted by Gasteiger charge is -2.38. The molecule has 6 nitrogen and oxygen atoms in total. The highest BCUT2D eigenvalue weighted by molar-refractivity contribution is 9.10. The number of hydrogen-bond acceptors (Lipinski definition) is 4. The quantitative estimate of drug-likeness (QED) is 0.381. The summed E-state index contributed by atoms with van der Waals surface area (Å²) in [5.41, 5.74) is 5.79. The van der Waals surface area contributed by atoms with Gasteiger partial charge >= 0.3 is 0 Å². The Hall–Kier alpha value is -3.42. The Morgan fingerprint density at radius 1 is 1.06 bits per heavy atom. The summed E-state index contributed by atoms with van der Waals surface area (Å²) in [6, 6.07) is 21.5. The van der Waals surface area contributed by atoms with Gasteiger partial charge in [0.2, 0.25) is 0 Å². The van der Waals surface area contributed by atoms with Gasteiger partial charge in [-0.25, -0.2) is 5.01 Å². The number of nitrogens with one attached hydrogen (secondary N) is 2. The number of anilines is 1. The van der Waals surface area contributed by atoms with Crippen LogP contribution in [0.5, 0.6) is 0 Å². The van der Waals surface area contributed by atoms with E-state index >= 15 is 0 Å². The lowest BCUT2D eigenvalue weighted by molar-refractivity contribution is 0.0492. The number of nitrogens with zero attached hydrogens (tertiary/aromatic N) is 2. The number of halogens is 2. The molecule has 1 aliphatic rings. The zero-order chi connectivity index (χ0) is 22.2. The number of pyridine rings is 1. The molecular formula is C24H16BrClN4O2. The average Bonchev–Trinajstić information content (AvgIpc) is 2.81. The summed E-state index contributed by atoms with van der Waals surface area (Å²) in [6.07, 6.45) is 1.05. The summed E-state index contributed by atoms with van der Waals surface area (Å²) in [5, 5.41) is 6.16. The predicted molar refractivity (Wildman–Crippen MR) is 127 cm³/mol. The van der Waals surface area contributed by atoms with Crippen LogP contribution in [0.3, 0.4) is 0 Å². The smallest absolute Gasteiger partial charge is 0.276 e. The van der Waals surface area contributed by atoms with Crippen molar-refractivity contribution in [1.82, 2.24) is 15.4 Å². The van der Waals surface area contributed by atoms with Crippen LogP contribution in [0.4, 0.5) is 5.69 Å². The third kappa shape index (κ3) is 3.70. The monoisotopic (exact) mass is 506 g/mol. The van der Waals surface area contributed by atoms with E-state index in [1.54, 1.807) is 36.5 Å². The van der Waals surface area contributed by atoms with Gasteiger partial charge < -0.3 is 5.32 Å². The number of carbonyl (C=O) groups excluding carboxylic acids is 2. The van der Waals surface area contributed by atoms with E-state index in [4.69, 9.17) is 11.6 Å². The average molecular weight is 508 g/mol. The van der Waals surface area contributed by atoms with Gasteiger partial charge in [0.1, 0.15) is 0 Å². The van der Waals surface area contributed by atoms with Crippen LogP contribution in [-0.4, -0.2) is 21.8 Å². The van der Waals surface area contributed by atoms with Gasteiger partial charge in [-0.1, -0.05) is 51.8 Å². The number of aromatic nitrogens is 1. The van der Waals surface area contributed by atoms with Crippen LogP contribution < -0.4 is 10.7 Å². The molecule has 0 saturated carbocycles. The molecule has 3 aromatic carbocycles. The molecule has 2 heterocycles. The van der Waals surface area contributed by atoms with Gasteiger partial charge in [0.05, 0.1) is 11.1 Å². The first kappa shape index (κ1) is 20.5. The third-order valence-electron chi connectivity index (χ3n) is 5.27. The minimum atomic E-state index is -0.661. The van der Waals surface area contributed by atoms with Crippen molar-refractivity contribution in [3.63, 3.8) is 0 Å². The first-order valence-electron chi connectivity index (χ1n) is 9.81. The molecule has 158 valence electrons. The Balaban J connectivity index is 1.60. The number of hydrazine groups is 1. The summed E-state index contributed by atoms with van der Waals surface area (Å²) < 4.78 is 0.764. The first-order chi connectivity index (χ1) is 15.5. The number of benzene rings is 3. The molecule has 8 heteroatoms. The van der Waals surface area contributed by atoms with Gasteiger partial charge in [-0.15, -0.1) is 0 Å². The van der Waals surface area contributed by atoms with Crippen molar-refractivity contribution in [1.29, 1.82) is 0 Å². The van der Waals surface area contributed by atoms with E-state index in [2.05, 4.69) is 31.7 Å². The van der Waals surface area contributed by atoms with Gasteiger partial charge in [-0.05, 0) is 48.5 Å². The van der Waals surface area contributed by atoms with Crippen molar-refractivity contribution in [2.45, 2.75) is 6.17 Å². The second-order valence-corrected chi connectivity index (χ2v) is 8.63. The molecule has 0 aliphatic carbocycles. The molecule has 5 rings (SSSR count). The molecule has 0 saturated heterocycles. The van der Waals surface area contributed by atoms with E-state index in [1.165, 1.54) is 5.01 Å². The predicted octanol–water partition coefficient (Wildman–Crippen LogP) is 5.56. The zero-order valence-corrected chi connectivity index (χ0v) is 18.9. The number of rotatable bonds is 3. The van der Waals surface area contributed by atoms with Gasteiger partial charge in [0.25, 0.3) is 11.8 Å². The third-order valence-corrected chi connectivity index (χ3v) is 6.01. The van der Waals surface area contributed by atoms with Crippen molar-refractivity contribution < 1.29 is 9.59 Å². The normalized spacial score (nSPS) is 15.2. The van der Waals surface area contributed by atoms with E-state index in [1.807, 2.05) is 42.5 Å². The van der Waals surface area contributed by atoms with Crippen LogP contribution in [0.2, 0.25) is 5.02 Å². The van der Waals surface area contributed by atoms with Crippen LogP contribution >= 0.6 is 27.5 Å². The molecule has 0 fully saturated rings. The zero-order valence-electron chi connectivity index (χ0n) is 16.5. The van der Waals surface area contributed by atoms with Gasteiger partial charge in [-0.3, -0.25) is 20.0 Å². The molecule has 1 aromatic heterocycles. The Labute approximate surface area is 197 Å². The highest BCUT2D eigenvalue weighted by Crippen LogP contribution is 2.35. The van der Waals surface area contributed by atoms with E-state index in [0.717, 1.165) is 20.9 Å². The maximum atomic E-state index is 13.5. The van der Waals surface area contributed by atoms with Gasteiger partial charge in [0.15, 0.2) is 6.17 Å². The number of fused-ring (bicyclic) bond motifs is 2. The number of para-hydroxylation sites is 1. The summed E-state index contributed by atoms with van der Waals surface area (Å²) >= 11 is 9.36. The molecule has 1 aliphatic heterocycles. The van der Waals surface area contributed by atoms with E-state index in [9.17, 15) is 9.59 Å². The Morgan fingerprint density at radius 3 is 2.66 bits per heavy atom. The molecule has 4 aromatic rings. The summed E-state index contributed by atoms with van der Waals surface area (Å²) in [6.45, 7) is 0. The fourth-order valence-corrected chi connectivity index (χ4v) is 4.22. The lowest BCUT2D eigenvalue weighted by Crippen LogP contribution is -2.53. The highest BCUT2D eigenvalue weighted by atomic mass is 79.9. The second-order valence-electron chi connectivity index (χ2n) is 7.28. The molecule has 1 atom stereocenters. The molecule has 32 heavy (non-hydrogen) atoms. The summed E-state index contributed by atoms with van der Waals surface area (Å²) in [7, 11) is 0. The molecule has 0 spiro atoms. The van der Waals surface area contributed by atoms with Gasteiger partial charge in [0, 0.05) is 37.9 Å². The fourth-order valence-electron chi connectivity index (χ4n) is 3.73. The van der Waals surface area contributed by atoms with Crippen LogP contribution in [-0.2, 0) is 0 Å². The Bertz CT molecular complexity index is 1350. The van der Waals surface area contributed by atoms with Crippen LogP contribution in [0.25, 0.3) is 10.9 Å². The minimum absolute atomic E-state index is 0.333. The standard InChI is InChI=1S/C24H16BrClN4O2/c25-16-8-11-20-19(13-16)24(32)30(29-23(31)15-6-9-17(26)10-7-15)22(28-20)18-5-1-3-14-4-2-12-27-21(14)18/h1-13,22,28H,(H,29,31)/t22-/m1/s1. The van der Waals surface area contributed by atoms with Crippen molar-refractivity contribution in [3.8, 4) is 0 Å². The van der Waals surface area contributed by atoms with Crippen molar-refractivity contribution >= 4 is 55.9 Å². The van der Waals surface area contributed by atoms with E-state index in [-0.39, 0.29) is 5.91 Å². The van der Waals surface area contributed by atoms with Crippen LogP contribution in [0.15, 0.2) is 83.5 Å². The number of hydrogen-bond donors (Lipinski definition) is 2. The number of carbonyl (C=O) groups is 2. The van der Waals surface area contributed by atoms with Gasteiger partial charge in [-0.2, -0.15) is 0 Å². The summed E-state index contributed by atoms with van der Waals surface area (Å²) in [5.74, 6) is -0.756. The molecule has 0 radical (unpaired) electrons. The van der Waals surface area contributed by atoms with Crippen LogP contribution in [0, 0.1) is 0 Å². The molecular weight excluding hydrogens is 492 g/mol. The first-order valence-corrected chi connectivity index (χ1v) is 11.0. The van der Waals surface area contributed by atoms with Crippen molar-refractivity contribution in [2.24, 2.45) is 0 Å². The Morgan fingerprint density at radius 2 is 1.84 bits per heavy atom. The lowest BCUT2D eigenvalue weighted by atomic mass is 10.0. The van der Waals surface area contributed by atoms with Crippen molar-refractivity contribution in [3.05, 3.63) is 105 Å². The topological polar surface area (TPSA) is 74.3 Å². The van der Waals surface area contributed by atoms with E-state index in [0.29, 0.717) is 21.8 Å². The number of amides is 2. The Kier molecular flexibility index (Phi) is 5.28. The van der Waals surface area contributed by atoms with Crippen LogP contribution in [0.1, 0.15) is 32.4 Å². The van der Waals surface area contributed by atoms with E-state index < -0.39 is 12.1 Å². The minimum Gasteiger partial charge on any atom is -0.359 e. The second kappa shape index (κ2) is 8.26. The molecule has 2 N–H and O–H groups in total.